The van der Waals surface area contributed by atoms with Crippen LogP contribution in [0.5, 0.6) is 0 Å². The van der Waals surface area contributed by atoms with E-state index in [9.17, 15) is 19.5 Å². The number of hydrogen-bond acceptors (Lipinski definition) is 6. The molecule has 0 spiro atoms. The minimum absolute atomic E-state index is 0.0313. The Morgan fingerprint density at radius 1 is 1.30 bits per heavy atom. The molecule has 1 atom stereocenters. The molecule has 2 aliphatic heterocycles. The van der Waals surface area contributed by atoms with E-state index in [0.717, 1.165) is 17.7 Å². The number of fused-ring (bicyclic) bond motifs is 1. The molecule has 2 aromatic heterocycles. The quantitative estimate of drug-likeness (QED) is 0.427. The molecule has 0 radical (unpaired) electrons. The van der Waals surface area contributed by atoms with E-state index in [-0.39, 0.29) is 29.5 Å². The number of carbonyl (C=O) groups excluding carboxylic acids is 2. The monoisotopic (exact) mass is 567 g/mol. The van der Waals surface area contributed by atoms with Crippen molar-refractivity contribution >= 4 is 34.4 Å². The van der Waals surface area contributed by atoms with Crippen LogP contribution in [0.1, 0.15) is 49.5 Å². The van der Waals surface area contributed by atoms with Crippen molar-refractivity contribution < 1.29 is 14.7 Å². The standard InChI is InChI=1S/C30H38ClN5O4/c1-5-22(31)7-6-20(2)8-11-33-28(39)25-14-24-21(15-34-13-10-23(37)16-34)9-12-32-27(24)36(29(25)40)17-26(38)35-18-30(3,4)19-35/h5-7,9,12,14,23,37H,1,8,10-11,13,15-19H2,2-4H3,(H,33,39). The highest BCUT2D eigenvalue weighted by Gasteiger charge is 2.37. The maximum absolute atomic E-state index is 13.6. The Kier molecular flexibility index (Phi) is 9.28. The van der Waals surface area contributed by atoms with Gasteiger partial charge in [0.15, 0.2) is 0 Å². The lowest BCUT2D eigenvalue weighted by molar-refractivity contribution is -0.142. The summed E-state index contributed by atoms with van der Waals surface area (Å²) in [7, 11) is 0. The third kappa shape index (κ3) is 7.08. The Balaban J connectivity index is 1.63. The number of amides is 2. The number of halogens is 1. The predicted molar refractivity (Wildman–Crippen MR) is 157 cm³/mol. The van der Waals surface area contributed by atoms with Gasteiger partial charge in [-0.15, -0.1) is 0 Å². The fourth-order valence-electron chi connectivity index (χ4n) is 5.21. The number of pyridine rings is 2. The molecule has 0 bridgehead atoms. The van der Waals surface area contributed by atoms with E-state index in [1.807, 2.05) is 19.1 Å². The molecule has 4 rings (SSSR count). The highest BCUT2D eigenvalue weighted by molar-refractivity contribution is 6.31. The van der Waals surface area contributed by atoms with Crippen LogP contribution < -0.4 is 10.9 Å². The van der Waals surface area contributed by atoms with Gasteiger partial charge in [-0.3, -0.25) is 23.9 Å². The van der Waals surface area contributed by atoms with Crippen molar-refractivity contribution in [1.29, 1.82) is 0 Å². The minimum atomic E-state index is -0.549. The van der Waals surface area contributed by atoms with Gasteiger partial charge < -0.3 is 15.3 Å². The number of β-amino-alcohol motifs (C(OH)–C–C–N with tert-alkyl or cyclic N) is 1. The zero-order chi connectivity index (χ0) is 29.0. The van der Waals surface area contributed by atoms with E-state index >= 15 is 0 Å². The first-order valence-corrected chi connectivity index (χ1v) is 14.0. The Hall–Kier alpha value is -3.27. The summed E-state index contributed by atoms with van der Waals surface area (Å²) in [5, 5.41) is 14.0. The fourth-order valence-corrected chi connectivity index (χ4v) is 5.27. The largest absolute Gasteiger partial charge is 0.392 e. The van der Waals surface area contributed by atoms with Gasteiger partial charge in [0.2, 0.25) is 5.91 Å². The zero-order valence-electron chi connectivity index (χ0n) is 23.5. The summed E-state index contributed by atoms with van der Waals surface area (Å²) in [6.07, 6.45) is 7.66. The number of rotatable bonds is 10. The van der Waals surface area contributed by atoms with E-state index in [1.54, 1.807) is 29.3 Å². The topological polar surface area (TPSA) is 108 Å². The first kappa shape index (κ1) is 29.7. The van der Waals surface area contributed by atoms with Crippen LogP contribution in [0.15, 0.2) is 58.5 Å². The zero-order valence-corrected chi connectivity index (χ0v) is 24.2. The summed E-state index contributed by atoms with van der Waals surface area (Å²) in [5.41, 5.74) is 1.72. The van der Waals surface area contributed by atoms with Gasteiger partial charge in [0.25, 0.3) is 11.5 Å². The maximum Gasteiger partial charge on any atom is 0.265 e. The summed E-state index contributed by atoms with van der Waals surface area (Å²) in [4.78, 5) is 48.3. The molecule has 0 aliphatic carbocycles. The smallest absolute Gasteiger partial charge is 0.265 e. The van der Waals surface area contributed by atoms with Gasteiger partial charge >= 0.3 is 0 Å². The van der Waals surface area contributed by atoms with Crippen molar-refractivity contribution in [3.63, 3.8) is 0 Å². The van der Waals surface area contributed by atoms with E-state index < -0.39 is 11.5 Å². The van der Waals surface area contributed by atoms with Crippen LogP contribution >= 0.6 is 11.6 Å². The van der Waals surface area contributed by atoms with E-state index in [2.05, 4.69) is 35.6 Å². The lowest BCUT2D eigenvalue weighted by atomic mass is 9.84. The lowest BCUT2D eigenvalue weighted by Crippen LogP contribution is -2.56. The Bertz CT molecular complexity index is 1420. The van der Waals surface area contributed by atoms with Crippen LogP contribution in [-0.4, -0.2) is 75.1 Å². The number of aliphatic hydroxyl groups excluding tert-OH is 1. The highest BCUT2D eigenvalue weighted by Crippen LogP contribution is 2.29. The molecule has 2 saturated heterocycles. The number of hydrogen-bond donors (Lipinski definition) is 2. The van der Waals surface area contributed by atoms with Gasteiger partial charge in [0.05, 0.1) is 6.10 Å². The van der Waals surface area contributed by atoms with Crippen LogP contribution in [0.2, 0.25) is 0 Å². The molecule has 0 saturated carbocycles. The number of allylic oxidation sites excluding steroid dienone is 4. The summed E-state index contributed by atoms with van der Waals surface area (Å²) in [5.74, 6) is -0.681. The third-order valence-electron chi connectivity index (χ3n) is 7.38. The molecule has 2 aliphatic rings. The van der Waals surface area contributed by atoms with Gasteiger partial charge in [0, 0.05) is 55.9 Å². The van der Waals surface area contributed by atoms with Crippen molar-refractivity contribution in [2.24, 2.45) is 5.41 Å². The second kappa shape index (κ2) is 12.5. The van der Waals surface area contributed by atoms with Crippen molar-refractivity contribution in [2.75, 3.05) is 32.7 Å². The van der Waals surface area contributed by atoms with Gasteiger partial charge in [0.1, 0.15) is 17.8 Å². The number of nitrogens with zero attached hydrogens (tertiary/aromatic N) is 4. The summed E-state index contributed by atoms with van der Waals surface area (Å²) < 4.78 is 1.33. The van der Waals surface area contributed by atoms with E-state index in [4.69, 9.17) is 11.6 Å². The van der Waals surface area contributed by atoms with Crippen molar-refractivity contribution in [3.05, 3.63) is 75.2 Å². The molecule has 1 unspecified atom stereocenters. The number of nitrogens with one attached hydrogen (secondary N) is 1. The Labute approximate surface area is 239 Å². The summed E-state index contributed by atoms with van der Waals surface area (Å²) >= 11 is 5.95. The van der Waals surface area contributed by atoms with E-state index in [0.29, 0.717) is 61.6 Å². The molecule has 10 heteroatoms. The average molecular weight is 568 g/mol. The molecule has 214 valence electrons. The van der Waals surface area contributed by atoms with Crippen molar-refractivity contribution in [2.45, 2.75) is 52.8 Å². The minimum Gasteiger partial charge on any atom is -0.392 e. The second-order valence-corrected chi connectivity index (χ2v) is 12.0. The van der Waals surface area contributed by atoms with Crippen LogP contribution in [0.25, 0.3) is 11.0 Å². The predicted octanol–water partition coefficient (Wildman–Crippen LogP) is 3.21. The second-order valence-electron chi connectivity index (χ2n) is 11.5. The van der Waals surface area contributed by atoms with Gasteiger partial charge in [-0.1, -0.05) is 49.8 Å². The highest BCUT2D eigenvalue weighted by atomic mass is 35.5. The molecule has 0 aromatic carbocycles. The van der Waals surface area contributed by atoms with Gasteiger partial charge in [-0.05, 0) is 49.0 Å². The van der Waals surface area contributed by atoms with Gasteiger partial charge in [-0.25, -0.2) is 4.98 Å². The van der Waals surface area contributed by atoms with Crippen LogP contribution in [-0.2, 0) is 17.9 Å². The summed E-state index contributed by atoms with van der Waals surface area (Å²) in [6.45, 7) is 12.9. The molecule has 2 fully saturated rings. The third-order valence-corrected chi connectivity index (χ3v) is 7.66. The number of carbonyl (C=O) groups is 2. The molecular weight excluding hydrogens is 530 g/mol. The molecule has 2 amide bonds. The maximum atomic E-state index is 13.6. The normalized spacial score (nSPS) is 19.5. The Morgan fingerprint density at radius 3 is 2.70 bits per heavy atom. The number of aromatic nitrogens is 2. The molecule has 2 N–H and O–H groups in total. The molecular formula is C30H38ClN5O4. The van der Waals surface area contributed by atoms with E-state index in [1.165, 1.54) is 4.57 Å². The number of aliphatic hydroxyl groups is 1. The first-order chi connectivity index (χ1) is 19.0. The summed E-state index contributed by atoms with van der Waals surface area (Å²) in [6, 6.07) is 3.45. The fraction of sp³-hybridized carbons (Fsp3) is 0.467. The average Bonchev–Trinajstić information content (AvgIpc) is 3.31. The van der Waals surface area contributed by atoms with Gasteiger partial charge in [-0.2, -0.15) is 0 Å². The lowest BCUT2D eigenvalue weighted by Gasteiger charge is -2.45. The van der Waals surface area contributed by atoms with Crippen LogP contribution in [0, 0.1) is 5.41 Å². The Morgan fingerprint density at radius 2 is 2.05 bits per heavy atom. The molecule has 40 heavy (non-hydrogen) atoms. The van der Waals surface area contributed by atoms with Crippen LogP contribution in [0.4, 0.5) is 0 Å². The number of likely N-dealkylation sites (tertiary alicyclic amines) is 2. The SMILES string of the molecule is C=CC(Cl)=CC=C(C)CCNC(=O)c1cc2c(CN3CCC(O)C3)ccnc2n(CC(=O)N2CC(C)(C)C2)c1=O. The molecule has 9 nitrogen and oxygen atoms in total. The van der Waals surface area contributed by atoms with Crippen LogP contribution in [0.3, 0.4) is 0 Å². The molecule has 4 heterocycles. The molecule has 2 aromatic rings. The first-order valence-electron chi connectivity index (χ1n) is 13.6. The van der Waals surface area contributed by atoms with Crippen molar-refractivity contribution in [3.8, 4) is 0 Å². The van der Waals surface area contributed by atoms with Crippen molar-refractivity contribution in [1.82, 2.24) is 24.7 Å².